The second-order valence-electron chi connectivity index (χ2n) is 5.41. The zero-order valence-electron chi connectivity index (χ0n) is 14.1. The molecule has 7 nitrogen and oxygen atoms in total. The summed E-state index contributed by atoms with van der Waals surface area (Å²) in [6.45, 7) is 5.40. The van der Waals surface area contributed by atoms with Crippen molar-refractivity contribution in [3.8, 4) is 11.5 Å². The van der Waals surface area contributed by atoms with E-state index in [0.717, 1.165) is 0 Å². The van der Waals surface area contributed by atoms with Crippen LogP contribution in [0.2, 0.25) is 0 Å². The Kier molecular flexibility index (Phi) is 5.18. The predicted molar refractivity (Wildman–Crippen MR) is 94.3 cm³/mol. The number of thiazole rings is 1. The number of fused-ring (bicyclic) bond motifs is 1. The van der Waals surface area contributed by atoms with Gasteiger partial charge in [0.1, 0.15) is 0 Å². The molecule has 1 aromatic carbocycles. The Labute approximate surface area is 149 Å². The Balaban J connectivity index is 1.63. The molecule has 0 atom stereocenters. The van der Waals surface area contributed by atoms with Crippen LogP contribution in [-0.2, 0) is 11.2 Å². The van der Waals surface area contributed by atoms with Crippen molar-refractivity contribution in [2.75, 3.05) is 25.2 Å². The van der Waals surface area contributed by atoms with E-state index in [0.29, 0.717) is 41.0 Å². The third kappa shape index (κ3) is 3.90. The molecule has 0 unspecified atom stereocenters. The molecule has 25 heavy (non-hydrogen) atoms. The summed E-state index contributed by atoms with van der Waals surface area (Å²) in [5, 5.41) is 5.00. The lowest BCUT2D eigenvalue weighted by atomic mass is 10.2. The van der Waals surface area contributed by atoms with Gasteiger partial charge in [0.2, 0.25) is 12.7 Å². The minimum absolute atomic E-state index is 0.0314. The summed E-state index contributed by atoms with van der Waals surface area (Å²) in [6, 6.07) is 5.00. The number of carbonyl (C=O) groups is 2. The Morgan fingerprint density at radius 3 is 2.76 bits per heavy atom. The van der Waals surface area contributed by atoms with Crippen LogP contribution < -0.4 is 14.8 Å². The van der Waals surface area contributed by atoms with E-state index < -0.39 is 0 Å². The second kappa shape index (κ2) is 7.52. The van der Waals surface area contributed by atoms with Crippen molar-refractivity contribution in [3.05, 3.63) is 34.8 Å². The van der Waals surface area contributed by atoms with E-state index in [2.05, 4.69) is 10.3 Å². The summed E-state index contributed by atoms with van der Waals surface area (Å²) in [6.07, 6.45) is 0.234. The van der Waals surface area contributed by atoms with E-state index in [9.17, 15) is 9.59 Å². The van der Waals surface area contributed by atoms with Gasteiger partial charge in [-0.1, -0.05) is 0 Å². The van der Waals surface area contributed by atoms with Crippen LogP contribution in [0.15, 0.2) is 23.6 Å². The Bertz CT molecular complexity index is 786. The summed E-state index contributed by atoms with van der Waals surface area (Å²) in [5.41, 5.74) is 1.11. The standard InChI is InChI=1S/C17H19N3O4S/c1-3-20(4-2)15(21)8-12-9-25-17(18-12)19-16(22)11-5-6-13-14(7-11)24-10-23-13/h5-7,9H,3-4,8,10H2,1-2H3,(H,18,19,22). The van der Waals surface area contributed by atoms with Crippen LogP contribution in [0, 0.1) is 0 Å². The van der Waals surface area contributed by atoms with Gasteiger partial charge in [0, 0.05) is 24.0 Å². The first-order chi connectivity index (χ1) is 12.1. The molecule has 2 amide bonds. The number of ether oxygens (including phenoxy) is 2. The van der Waals surface area contributed by atoms with Gasteiger partial charge in [-0.15, -0.1) is 11.3 Å². The third-order valence-corrected chi connectivity index (χ3v) is 4.66. The molecule has 1 aliphatic rings. The number of amides is 2. The summed E-state index contributed by atoms with van der Waals surface area (Å²) in [5.74, 6) is 0.929. The lowest BCUT2D eigenvalue weighted by Gasteiger charge is -2.17. The molecule has 0 bridgehead atoms. The first-order valence-corrected chi connectivity index (χ1v) is 8.91. The fourth-order valence-electron chi connectivity index (χ4n) is 2.50. The predicted octanol–water partition coefficient (Wildman–Crippen LogP) is 2.54. The molecular weight excluding hydrogens is 342 g/mol. The van der Waals surface area contributed by atoms with Gasteiger partial charge >= 0.3 is 0 Å². The van der Waals surface area contributed by atoms with E-state index in [1.165, 1.54) is 11.3 Å². The number of aromatic nitrogens is 1. The van der Waals surface area contributed by atoms with Crippen molar-refractivity contribution < 1.29 is 19.1 Å². The highest BCUT2D eigenvalue weighted by Gasteiger charge is 2.18. The van der Waals surface area contributed by atoms with Gasteiger partial charge in [-0.25, -0.2) is 4.98 Å². The van der Waals surface area contributed by atoms with Gasteiger partial charge in [0.15, 0.2) is 16.6 Å². The summed E-state index contributed by atoms with van der Waals surface area (Å²) in [4.78, 5) is 30.5. The minimum Gasteiger partial charge on any atom is -0.454 e. The Morgan fingerprint density at radius 1 is 1.24 bits per heavy atom. The fourth-order valence-corrected chi connectivity index (χ4v) is 3.20. The molecule has 0 aliphatic carbocycles. The molecule has 0 radical (unpaired) electrons. The minimum atomic E-state index is -0.283. The number of nitrogens with zero attached hydrogens (tertiary/aromatic N) is 2. The van der Waals surface area contributed by atoms with Crippen LogP contribution in [0.5, 0.6) is 11.5 Å². The van der Waals surface area contributed by atoms with E-state index in [-0.39, 0.29) is 25.0 Å². The van der Waals surface area contributed by atoms with Gasteiger partial charge in [0.25, 0.3) is 5.91 Å². The molecule has 0 saturated heterocycles. The van der Waals surface area contributed by atoms with Gasteiger partial charge in [0.05, 0.1) is 12.1 Å². The topological polar surface area (TPSA) is 80.8 Å². The SMILES string of the molecule is CCN(CC)C(=O)Cc1csc(NC(=O)c2ccc3c(c2)OCO3)n1. The average molecular weight is 361 g/mol. The molecule has 132 valence electrons. The highest BCUT2D eigenvalue weighted by molar-refractivity contribution is 7.14. The number of carbonyl (C=O) groups excluding carboxylic acids is 2. The van der Waals surface area contributed by atoms with Crippen molar-refractivity contribution in [3.63, 3.8) is 0 Å². The molecule has 3 rings (SSSR count). The van der Waals surface area contributed by atoms with Gasteiger partial charge in [-0.2, -0.15) is 0 Å². The molecule has 0 saturated carbocycles. The maximum atomic E-state index is 12.3. The number of likely N-dealkylation sites (N-methyl/N-ethyl adjacent to an activating group) is 1. The summed E-state index contributed by atoms with van der Waals surface area (Å²) >= 11 is 1.30. The van der Waals surface area contributed by atoms with Gasteiger partial charge in [-0.05, 0) is 32.0 Å². The third-order valence-electron chi connectivity index (χ3n) is 3.86. The largest absolute Gasteiger partial charge is 0.454 e. The fraction of sp³-hybridized carbons (Fsp3) is 0.353. The van der Waals surface area contributed by atoms with Crippen molar-refractivity contribution in [1.82, 2.24) is 9.88 Å². The molecule has 1 aliphatic heterocycles. The van der Waals surface area contributed by atoms with Crippen LogP contribution in [0.3, 0.4) is 0 Å². The first kappa shape index (κ1) is 17.2. The smallest absolute Gasteiger partial charge is 0.257 e. The van der Waals surface area contributed by atoms with Crippen LogP contribution in [0.1, 0.15) is 29.9 Å². The van der Waals surface area contributed by atoms with Crippen molar-refractivity contribution >= 4 is 28.3 Å². The lowest BCUT2D eigenvalue weighted by molar-refractivity contribution is -0.130. The van der Waals surface area contributed by atoms with Gasteiger partial charge < -0.3 is 14.4 Å². The van der Waals surface area contributed by atoms with E-state index in [1.54, 1.807) is 28.5 Å². The summed E-state index contributed by atoms with van der Waals surface area (Å²) in [7, 11) is 0. The van der Waals surface area contributed by atoms with Crippen LogP contribution in [0.25, 0.3) is 0 Å². The second-order valence-corrected chi connectivity index (χ2v) is 6.27. The van der Waals surface area contributed by atoms with Crippen molar-refractivity contribution in [1.29, 1.82) is 0 Å². The lowest BCUT2D eigenvalue weighted by Crippen LogP contribution is -2.31. The number of hydrogen-bond acceptors (Lipinski definition) is 6. The molecule has 2 heterocycles. The quantitative estimate of drug-likeness (QED) is 0.855. The van der Waals surface area contributed by atoms with Crippen LogP contribution in [0.4, 0.5) is 5.13 Å². The van der Waals surface area contributed by atoms with Crippen LogP contribution in [-0.4, -0.2) is 41.6 Å². The number of rotatable bonds is 6. The van der Waals surface area contributed by atoms with Crippen molar-refractivity contribution in [2.24, 2.45) is 0 Å². The number of benzene rings is 1. The number of nitrogens with one attached hydrogen (secondary N) is 1. The molecule has 0 spiro atoms. The molecule has 0 fully saturated rings. The zero-order valence-corrected chi connectivity index (χ0v) is 14.9. The molecule has 1 N–H and O–H groups in total. The molecule has 2 aromatic rings. The molecule has 1 aromatic heterocycles. The normalized spacial score (nSPS) is 12.1. The highest BCUT2D eigenvalue weighted by Crippen LogP contribution is 2.32. The molecular formula is C17H19N3O4S. The van der Waals surface area contributed by atoms with E-state index in [1.807, 2.05) is 13.8 Å². The molecule has 8 heteroatoms. The Morgan fingerprint density at radius 2 is 2.00 bits per heavy atom. The maximum absolute atomic E-state index is 12.3. The first-order valence-electron chi connectivity index (χ1n) is 8.03. The van der Waals surface area contributed by atoms with Gasteiger partial charge in [-0.3, -0.25) is 14.9 Å². The highest BCUT2D eigenvalue weighted by atomic mass is 32.1. The maximum Gasteiger partial charge on any atom is 0.257 e. The van der Waals surface area contributed by atoms with Crippen molar-refractivity contribution in [2.45, 2.75) is 20.3 Å². The van der Waals surface area contributed by atoms with E-state index >= 15 is 0 Å². The van der Waals surface area contributed by atoms with Crippen LogP contribution >= 0.6 is 11.3 Å². The number of anilines is 1. The van der Waals surface area contributed by atoms with E-state index in [4.69, 9.17) is 9.47 Å². The number of hydrogen-bond donors (Lipinski definition) is 1. The monoisotopic (exact) mass is 361 g/mol. The zero-order chi connectivity index (χ0) is 17.8. The Hall–Kier alpha value is -2.61. The average Bonchev–Trinajstić information content (AvgIpc) is 3.24. The summed E-state index contributed by atoms with van der Waals surface area (Å²) < 4.78 is 10.5.